The molecule has 0 bridgehead atoms. The third kappa shape index (κ3) is 4.77. The third-order valence-corrected chi connectivity index (χ3v) is 6.70. The summed E-state index contributed by atoms with van der Waals surface area (Å²) in [6, 6.07) is 9.01. The van der Waals surface area contributed by atoms with Gasteiger partial charge in [0.1, 0.15) is 17.5 Å². The lowest BCUT2D eigenvalue weighted by molar-refractivity contribution is 0.0951. The molecule has 0 aliphatic carbocycles. The lowest BCUT2D eigenvalue weighted by atomic mass is 10.1. The fourth-order valence-corrected chi connectivity index (χ4v) is 4.73. The average molecular weight is 433 g/mol. The quantitative estimate of drug-likeness (QED) is 0.704. The zero-order chi connectivity index (χ0) is 21.7. The van der Waals surface area contributed by atoms with Crippen molar-refractivity contribution < 1.29 is 22.7 Å². The number of benzene rings is 1. The number of carbonyl (C=O) groups excluding carboxylic acids is 2. The van der Waals surface area contributed by atoms with Crippen LogP contribution in [-0.2, 0) is 10.0 Å². The Morgan fingerprint density at radius 2 is 1.80 bits per heavy atom. The number of piperidine rings is 1. The first-order valence-electron chi connectivity index (χ1n) is 9.52. The van der Waals surface area contributed by atoms with E-state index in [4.69, 9.17) is 4.74 Å². The number of sulfonamides is 1. The Labute approximate surface area is 175 Å². The maximum atomic E-state index is 13.0. The van der Waals surface area contributed by atoms with E-state index >= 15 is 0 Å². The molecule has 1 atom stereocenters. The average Bonchev–Trinajstić information content (AvgIpc) is 2.78. The number of hydrogen-bond acceptors (Lipinski definition) is 6. The number of carbonyl (C=O) groups is 2. The molecular formula is C20H24N4O5S. The molecule has 1 fully saturated rings. The van der Waals surface area contributed by atoms with E-state index in [1.165, 1.54) is 54.9 Å². The summed E-state index contributed by atoms with van der Waals surface area (Å²) in [7, 11) is -0.685. The van der Waals surface area contributed by atoms with Gasteiger partial charge in [-0.15, -0.1) is 0 Å². The van der Waals surface area contributed by atoms with Crippen LogP contribution in [0.15, 0.2) is 47.5 Å². The van der Waals surface area contributed by atoms with Gasteiger partial charge in [-0.3, -0.25) is 14.6 Å². The van der Waals surface area contributed by atoms with Gasteiger partial charge in [-0.2, -0.15) is 4.31 Å². The fraction of sp³-hybridized carbons (Fsp3) is 0.350. The fourth-order valence-electron chi connectivity index (χ4n) is 3.22. The van der Waals surface area contributed by atoms with Gasteiger partial charge in [-0.05, 0) is 43.2 Å². The predicted octanol–water partition coefficient (Wildman–Crippen LogP) is 1.03. The van der Waals surface area contributed by atoms with E-state index in [0.717, 1.165) is 0 Å². The number of nitrogens with one attached hydrogen (secondary N) is 2. The van der Waals surface area contributed by atoms with Crippen molar-refractivity contribution >= 4 is 21.8 Å². The van der Waals surface area contributed by atoms with Crippen molar-refractivity contribution in [2.24, 2.45) is 0 Å². The van der Waals surface area contributed by atoms with Gasteiger partial charge in [0.05, 0.1) is 11.4 Å². The number of nitrogens with zero attached hydrogens (tertiary/aromatic N) is 2. The maximum absolute atomic E-state index is 13.0. The van der Waals surface area contributed by atoms with Crippen LogP contribution in [0, 0.1) is 0 Å². The Bertz CT molecular complexity index is 1020. The highest BCUT2D eigenvalue weighted by molar-refractivity contribution is 7.89. The minimum absolute atomic E-state index is 0.126. The first-order chi connectivity index (χ1) is 14.3. The molecule has 2 N–H and O–H groups in total. The Balaban J connectivity index is 1.72. The number of aromatic nitrogens is 1. The summed E-state index contributed by atoms with van der Waals surface area (Å²) in [5.74, 6) is -0.143. The molecule has 160 valence electrons. The van der Waals surface area contributed by atoms with Crippen LogP contribution in [0.25, 0.3) is 0 Å². The molecule has 1 aliphatic rings. The summed E-state index contributed by atoms with van der Waals surface area (Å²) in [6.07, 6.45) is 2.47. The number of ether oxygens (including phenoxy) is 1. The van der Waals surface area contributed by atoms with Gasteiger partial charge >= 0.3 is 0 Å². The van der Waals surface area contributed by atoms with E-state index in [-0.39, 0.29) is 35.1 Å². The molecule has 2 aromatic rings. The predicted molar refractivity (Wildman–Crippen MR) is 110 cm³/mol. The summed E-state index contributed by atoms with van der Waals surface area (Å²) < 4.78 is 33.4. The topological polar surface area (TPSA) is 118 Å². The molecule has 2 amide bonds. The second-order valence-corrected chi connectivity index (χ2v) is 8.74. The molecule has 1 saturated heterocycles. The highest BCUT2D eigenvalue weighted by Crippen LogP contribution is 2.24. The molecule has 1 unspecified atom stereocenters. The maximum Gasteiger partial charge on any atom is 0.269 e. The minimum atomic E-state index is -3.72. The molecule has 9 nitrogen and oxygen atoms in total. The van der Waals surface area contributed by atoms with Crippen LogP contribution in [0.5, 0.6) is 5.75 Å². The largest absolute Gasteiger partial charge is 0.489 e. The van der Waals surface area contributed by atoms with Crippen LogP contribution in [0.2, 0.25) is 0 Å². The third-order valence-electron chi connectivity index (χ3n) is 4.82. The van der Waals surface area contributed by atoms with E-state index in [1.54, 1.807) is 6.07 Å². The van der Waals surface area contributed by atoms with E-state index in [1.807, 2.05) is 0 Å². The van der Waals surface area contributed by atoms with E-state index in [0.29, 0.717) is 30.7 Å². The minimum Gasteiger partial charge on any atom is -0.489 e. The molecular weight excluding hydrogens is 408 g/mol. The molecule has 3 rings (SSSR count). The molecule has 0 radical (unpaired) electrons. The Morgan fingerprint density at radius 3 is 2.47 bits per heavy atom. The van der Waals surface area contributed by atoms with Gasteiger partial charge in [-0.25, -0.2) is 8.42 Å². The number of pyridine rings is 1. The van der Waals surface area contributed by atoms with Crippen molar-refractivity contribution in [3.63, 3.8) is 0 Å². The number of amides is 2. The second kappa shape index (κ2) is 9.23. The second-order valence-electron chi connectivity index (χ2n) is 6.80. The van der Waals surface area contributed by atoms with Crippen LogP contribution in [0.3, 0.4) is 0 Å². The van der Waals surface area contributed by atoms with Crippen molar-refractivity contribution in [1.29, 1.82) is 0 Å². The van der Waals surface area contributed by atoms with Gasteiger partial charge in [-0.1, -0.05) is 0 Å². The number of rotatable bonds is 6. The van der Waals surface area contributed by atoms with E-state index < -0.39 is 10.0 Å². The molecule has 2 heterocycles. The first kappa shape index (κ1) is 21.7. The summed E-state index contributed by atoms with van der Waals surface area (Å²) in [5.41, 5.74) is 0.618. The van der Waals surface area contributed by atoms with Gasteiger partial charge in [0.15, 0.2) is 0 Å². The van der Waals surface area contributed by atoms with Crippen LogP contribution < -0.4 is 15.4 Å². The molecule has 10 heteroatoms. The molecule has 1 aromatic carbocycles. The molecule has 30 heavy (non-hydrogen) atoms. The van der Waals surface area contributed by atoms with Crippen LogP contribution in [-0.4, -0.2) is 62.8 Å². The molecule has 0 spiro atoms. The van der Waals surface area contributed by atoms with Crippen molar-refractivity contribution in [1.82, 2.24) is 19.9 Å². The van der Waals surface area contributed by atoms with Gasteiger partial charge in [0.2, 0.25) is 10.0 Å². The molecule has 1 aliphatic heterocycles. The summed E-state index contributed by atoms with van der Waals surface area (Å²) >= 11 is 0. The Morgan fingerprint density at radius 1 is 1.10 bits per heavy atom. The summed E-state index contributed by atoms with van der Waals surface area (Å²) in [4.78, 5) is 27.5. The number of hydrogen-bond donors (Lipinski definition) is 2. The van der Waals surface area contributed by atoms with Crippen molar-refractivity contribution in [2.45, 2.75) is 23.8 Å². The zero-order valence-electron chi connectivity index (χ0n) is 16.8. The SMILES string of the molecule is CNC(=O)c1ccc(S(=O)(=O)N2CCCC(Oc3ccnc(C(=O)NC)c3)C2)cc1. The van der Waals surface area contributed by atoms with Gasteiger partial charge < -0.3 is 15.4 Å². The van der Waals surface area contributed by atoms with E-state index in [2.05, 4.69) is 15.6 Å². The van der Waals surface area contributed by atoms with Gasteiger partial charge in [0, 0.05) is 38.5 Å². The lowest BCUT2D eigenvalue weighted by Gasteiger charge is -2.32. The lowest BCUT2D eigenvalue weighted by Crippen LogP contribution is -2.44. The Hall–Kier alpha value is -2.98. The standard InChI is InChI=1S/C20H24N4O5S/c1-21-19(25)14-5-7-17(8-6-14)30(27,28)24-11-3-4-16(13-24)29-15-9-10-23-18(12-15)20(26)22-2/h5-10,12,16H,3-4,11,13H2,1-2H3,(H,21,25)(H,22,26). The first-order valence-corrected chi connectivity index (χ1v) is 11.0. The van der Waals surface area contributed by atoms with Crippen LogP contribution >= 0.6 is 0 Å². The van der Waals surface area contributed by atoms with Crippen LogP contribution in [0.1, 0.15) is 33.7 Å². The zero-order valence-corrected chi connectivity index (χ0v) is 17.6. The normalized spacial score (nSPS) is 17.2. The van der Waals surface area contributed by atoms with Crippen molar-refractivity contribution in [3.8, 4) is 5.75 Å². The highest BCUT2D eigenvalue weighted by atomic mass is 32.2. The molecule has 0 saturated carbocycles. The van der Waals surface area contributed by atoms with Crippen LogP contribution in [0.4, 0.5) is 0 Å². The Kier molecular flexibility index (Phi) is 6.68. The van der Waals surface area contributed by atoms with Gasteiger partial charge in [0.25, 0.3) is 11.8 Å². The smallest absolute Gasteiger partial charge is 0.269 e. The van der Waals surface area contributed by atoms with E-state index in [9.17, 15) is 18.0 Å². The van der Waals surface area contributed by atoms with Crippen molar-refractivity contribution in [2.75, 3.05) is 27.2 Å². The summed E-state index contributed by atoms with van der Waals surface area (Å²) in [5, 5.41) is 5.00. The highest BCUT2D eigenvalue weighted by Gasteiger charge is 2.31. The monoisotopic (exact) mass is 432 g/mol. The summed E-state index contributed by atoms with van der Waals surface area (Å²) in [6.45, 7) is 0.580. The van der Waals surface area contributed by atoms with Crippen molar-refractivity contribution in [3.05, 3.63) is 53.9 Å². The molecule has 1 aromatic heterocycles.